The topological polar surface area (TPSA) is 86.1 Å². The van der Waals surface area contributed by atoms with E-state index < -0.39 is 5.97 Å². The third-order valence-corrected chi connectivity index (χ3v) is 4.94. The van der Waals surface area contributed by atoms with E-state index in [1.807, 2.05) is 68.4 Å². The summed E-state index contributed by atoms with van der Waals surface area (Å²) in [5.41, 5.74) is 5.83. The number of ether oxygens (including phenoxy) is 1. The molecule has 0 bridgehead atoms. The number of amides is 1. The van der Waals surface area contributed by atoms with Crippen molar-refractivity contribution in [3.05, 3.63) is 89.0 Å². The van der Waals surface area contributed by atoms with E-state index >= 15 is 0 Å². The number of nitrogens with zero attached hydrogens (tertiary/aromatic N) is 3. The van der Waals surface area contributed by atoms with Crippen LogP contribution in [0.2, 0.25) is 0 Å². The molecule has 0 saturated heterocycles. The minimum atomic E-state index is -0.547. The van der Waals surface area contributed by atoms with Crippen molar-refractivity contribution in [1.82, 2.24) is 15.0 Å². The lowest BCUT2D eigenvalue weighted by atomic mass is 10.1. The molecule has 1 heterocycles. The van der Waals surface area contributed by atoms with Crippen LogP contribution in [0, 0.1) is 13.8 Å². The van der Waals surface area contributed by atoms with Crippen LogP contribution < -0.4 is 5.32 Å². The van der Waals surface area contributed by atoms with Crippen LogP contribution in [0.15, 0.2) is 66.7 Å². The third kappa shape index (κ3) is 4.78. The normalized spacial score (nSPS) is 10.8. The molecule has 0 spiro atoms. The number of hydrogen-bond acceptors (Lipinski definition) is 5. The van der Waals surface area contributed by atoms with Gasteiger partial charge in [0.05, 0.1) is 17.6 Å². The summed E-state index contributed by atoms with van der Waals surface area (Å²) in [4.78, 5) is 24.4. The largest absolute Gasteiger partial charge is 0.452 e. The fourth-order valence-electron chi connectivity index (χ4n) is 3.22. The molecule has 0 aliphatic heterocycles. The highest BCUT2D eigenvalue weighted by Gasteiger charge is 2.12. The van der Waals surface area contributed by atoms with Crippen molar-refractivity contribution in [1.29, 1.82) is 0 Å². The molecule has 1 aromatic heterocycles. The van der Waals surface area contributed by atoms with Crippen molar-refractivity contribution in [2.45, 2.75) is 20.4 Å². The number of anilines is 1. The van der Waals surface area contributed by atoms with E-state index in [4.69, 9.17) is 4.74 Å². The number of carbonyl (C=O) groups is 2. The zero-order valence-electron chi connectivity index (χ0n) is 17.3. The van der Waals surface area contributed by atoms with Gasteiger partial charge in [0.1, 0.15) is 5.52 Å². The third-order valence-electron chi connectivity index (χ3n) is 4.94. The molecule has 0 saturated carbocycles. The molecule has 0 aliphatic rings. The van der Waals surface area contributed by atoms with E-state index in [2.05, 4.69) is 15.6 Å². The number of para-hydroxylation sites is 1. The van der Waals surface area contributed by atoms with Crippen LogP contribution in [0.5, 0.6) is 0 Å². The Kier molecular flexibility index (Phi) is 5.75. The van der Waals surface area contributed by atoms with Gasteiger partial charge in [-0.1, -0.05) is 41.6 Å². The average Bonchev–Trinajstić information content (AvgIpc) is 3.18. The number of esters is 1. The summed E-state index contributed by atoms with van der Waals surface area (Å²) in [5.74, 6) is -0.925. The van der Waals surface area contributed by atoms with Gasteiger partial charge >= 0.3 is 5.97 Å². The van der Waals surface area contributed by atoms with Crippen molar-refractivity contribution >= 4 is 28.6 Å². The maximum absolute atomic E-state index is 12.3. The fourth-order valence-corrected chi connectivity index (χ4v) is 3.22. The second-order valence-electron chi connectivity index (χ2n) is 7.38. The smallest absolute Gasteiger partial charge is 0.338 e. The highest BCUT2D eigenvalue weighted by molar-refractivity contribution is 5.96. The second-order valence-corrected chi connectivity index (χ2v) is 7.38. The van der Waals surface area contributed by atoms with E-state index in [-0.39, 0.29) is 12.5 Å². The Balaban J connectivity index is 1.34. The Hall–Kier alpha value is -4.00. The van der Waals surface area contributed by atoms with Gasteiger partial charge in [-0.25, -0.2) is 9.48 Å². The van der Waals surface area contributed by atoms with Gasteiger partial charge in [0.2, 0.25) is 0 Å². The molecule has 0 unspecified atom stereocenters. The predicted molar refractivity (Wildman–Crippen MR) is 118 cm³/mol. The number of fused-ring (bicyclic) bond motifs is 1. The van der Waals surface area contributed by atoms with Crippen molar-refractivity contribution in [3.63, 3.8) is 0 Å². The standard InChI is InChI=1S/C24H22N4O3/c1-16-7-8-17(2)21(13-16)25-23(29)15-31-24(30)19-11-9-18(10-12-19)14-28-22-6-4-3-5-20(22)26-27-28/h3-13H,14-15H2,1-2H3,(H,25,29). The molecule has 7 nitrogen and oxygen atoms in total. The molecule has 0 fully saturated rings. The van der Waals surface area contributed by atoms with Crippen molar-refractivity contribution in [2.24, 2.45) is 0 Å². The van der Waals surface area contributed by atoms with Gasteiger partial charge in [0.15, 0.2) is 6.61 Å². The number of nitrogens with one attached hydrogen (secondary N) is 1. The van der Waals surface area contributed by atoms with E-state index in [0.29, 0.717) is 17.8 Å². The summed E-state index contributed by atoms with van der Waals surface area (Å²) < 4.78 is 6.96. The van der Waals surface area contributed by atoms with Gasteiger partial charge in [-0.15, -0.1) is 5.10 Å². The summed E-state index contributed by atoms with van der Waals surface area (Å²) in [7, 11) is 0. The zero-order chi connectivity index (χ0) is 21.8. The molecule has 0 aliphatic carbocycles. The number of hydrogen-bond donors (Lipinski definition) is 1. The van der Waals surface area contributed by atoms with Crippen LogP contribution in [0.4, 0.5) is 5.69 Å². The maximum Gasteiger partial charge on any atom is 0.338 e. The molecular formula is C24H22N4O3. The van der Waals surface area contributed by atoms with Gasteiger partial charge in [0, 0.05) is 5.69 Å². The average molecular weight is 414 g/mol. The Morgan fingerprint density at radius 1 is 1.00 bits per heavy atom. The fraction of sp³-hybridized carbons (Fsp3) is 0.167. The molecular weight excluding hydrogens is 392 g/mol. The van der Waals surface area contributed by atoms with E-state index in [9.17, 15) is 9.59 Å². The highest BCUT2D eigenvalue weighted by atomic mass is 16.5. The monoisotopic (exact) mass is 414 g/mol. The van der Waals surface area contributed by atoms with Gasteiger partial charge in [0.25, 0.3) is 5.91 Å². The van der Waals surface area contributed by atoms with Crippen molar-refractivity contribution < 1.29 is 14.3 Å². The van der Waals surface area contributed by atoms with E-state index in [1.165, 1.54) is 0 Å². The highest BCUT2D eigenvalue weighted by Crippen LogP contribution is 2.16. The molecule has 4 rings (SSSR count). The Morgan fingerprint density at radius 2 is 1.77 bits per heavy atom. The van der Waals surface area contributed by atoms with Gasteiger partial charge < -0.3 is 10.1 Å². The number of aromatic nitrogens is 3. The lowest BCUT2D eigenvalue weighted by molar-refractivity contribution is -0.119. The lowest BCUT2D eigenvalue weighted by Gasteiger charge is -2.10. The molecule has 1 amide bonds. The summed E-state index contributed by atoms with van der Waals surface area (Å²) in [6.07, 6.45) is 0. The molecule has 3 aromatic carbocycles. The number of rotatable bonds is 6. The molecule has 1 N–H and O–H groups in total. The first-order valence-corrected chi connectivity index (χ1v) is 9.91. The van der Waals surface area contributed by atoms with Crippen LogP contribution >= 0.6 is 0 Å². The van der Waals surface area contributed by atoms with Crippen LogP contribution in [-0.2, 0) is 16.1 Å². The lowest BCUT2D eigenvalue weighted by Crippen LogP contribution is -2.21. The van der Waals surface area contributed by atoms with E-state index in [0.717, 1.165) is 27.7 Å². The molecule has 156 valence electrons. The molecule has 0 atom stereocenters. The first-order valence-electron chi connectivity index (χ1n) is 9.91. The van der Waals surface area contributed by atoms with Crippen LogP contribution in [0.25, 0.3) is 11.0 Å². The van der Waals surface area contributed by atoms with Crippen LogP contribution in [0.3, 0.4) is 0 Å². The Labute approximate surface area is 179 Å². The molecule has 4 aromatic rings. The summed E-state index contributed by atoms with van der Waals surface area (Å²) in [5, 5.41) is 11.1. The van der Waals surface area contributed by atoms with Crippen LogP contribution in [0.1, 0.15) is 27.0 Å². The Morgan fingerprint density at radius 3 is 2.58 bits per heavy atom. The van der Waals surface area contributed by atoms with Crippen LogP contribution in [-0.4, -0.2) is 33.5 Å². The minimum Gasteiger partial charge on any atom is -0.452 e. The Bertz CT molecular complexity index is 1250. The van der Waals surface area contributed by atoms with E-state index in [1.54, 1.807) is 16.8 Å². The minimum absolute atomic E-state index is 0.348. The number of benzene rings is 3. The predicted octanol–water partition coefficient (Wildman–Crippen LogP) is 3.89. The van der Waals surface area contributed by atoms with Gasteiger partial charge in [-0.05, 0) is 60.9 Å². The SMILES string of the molecule is Cc1ccc(C)c(NC(=O)COC(=O)c2ccc(Cn3nnc4ccccc43)cc2)c1. The molecule has 0 radical (unpaired) electrons. The zero-order valence-corrected chi connectivity index (χ0v) is 17.3. The second kappa shape index (κ2) is 8.79. The van der Waals surface area contributed by atoms with Gasteiger partial charge in [-0.3, -0.25) is 4.79 Å². The maximum atomic E-state index is 12.3. The first-order chi connectivity index (χ1) is 15.0. The number of carbonyl (C=O) groups excluding carboxylic acids is 2. The summed E-state index contributed by atoms with van der Waals surface area (Å²) >= 11 is 0. The van der Waals surface area contributed by atoms with Crippen molar-refractivity contribution in [2.75, 3.05) is 11.9 Å². The first kappa shape index (κ1) is 20.3. The molecule has 31 heavy (non-hydrogen) atoms. The quantitative estimate of drug-likeness (QED) is 0.484. The summed E-state index contributed by atoms with van der Waals surface area (Å²) in [6.45, 7) is 4.04. The molecule has 7 heteroatoms. The van der Waals surface area contributed by atoms with Gasteiger partial charge in [-0.2, -0.15) is 0 Å². The van der Waals surface area contributed by atoms with Crippen molar-refractivity contribution in [3.8, 4) is 0 Å². The number of aryl methyl sites for hydroxylation is 2. The summed E-state index contributed by atoms with van der Waals surface area (Å²) in [6, 6.07) is 20.6.